The second-order valence-electron chi connectivity index (χ2n) is 10.1. The number of hydrogen-bond acceptors (Lipinski definition) is 5. The van der Waals surface area contributed by atoms with Crippen molar-refractivity contribution in [2.45, 2.75) is 57.7 Å². The minimum Gasteiger partial charge on any atom is -0.493 e. The van der Waals surface area contributed by atoms with E-state index in [4.69, 9.17) is 14.2 Å². The molecule has 3 aromatic rings. The van der Waals surface area contributed by atoms with E-state index in [0.29, 0.717) is 48.0 Å². The Morgan fingerprint density at radius 1 is 0.868 bits per heavy atom. The van der Waals surface area contributed by atoms with Crippen molar-refractivity contribution in [2.75, 3.05) is 7.11 Å². The van der Waals surface area contributed by atoms with Gasteiger partial charge in [0.05, 0.1) is 13.2 Å². The number of hydrogen-bond donors (Lipinski definition) is 1. The molecular formula is C32H33NO5. The van der Waals surface area contributed by atoms with Gasteiger partial charge in [0, 0.05) is 35.6 Å². The van der Waals surface area contributed by atoms with E-state index in [-0.39, 0.29) is 36.1 Å². The first-order valence-electron chi connectivity index (χ1n) is 13.1. The number of carbonyl (C=O) groups is 2. The Balaban J connectivity index is 1.43. The van der Waals surface area contributed by atoms with Gasteiger partial charge in [-0.1, -0.05) is 54.6 Å². The molecule has 0 spiro atoms. The fourth-order valence-corrected chi connectivity index (χ4v) is 5.39. The molecule has 1 aliphatic heterocycles. The van der Waals surface area contributed by atoms with E-state index in [1.54, 1.807) is 7.11 Å². The molecule has 1 heterocycles. The number of rotatable bonds is 8. The predicted molar refractivity (Wildman–Crippen MR) is 145 cm³/mol. The summed E-state index contributed by atoms with van der Waals surface area (Å²) in [5, 5.41) is 3.01. The molecule has 0 saturated heterocycles. The van der Waals surface area contributed by atoms with Crippen LogP contribution in [0.5, 0.6) is 17.2 Å². The van der Waals surface area contributed by atoms with Crippen LogP contribution in [-0.4, -0.2) is 24.9 Å². The molecule has 2 unspecified atom stereocenters. The summed E-state index contributed by atoms with van der Waals surface area (Å²) in [7, 11) is 1.61. The summed E-state index contributed by atoms with van der Waals surface area (Å²) in [6.07, 6.45) is 1.18. The zero-order valence-electron chi connectivity index (χ0n) is 22.0. The molecule has 1 N–H and O–H groups in total. The molecule has 0 fully saturated rings. The van der Waals surface area contributed by atoms with Crippen LogP contribution >= 0.6 is 0 Å². The van der Waals surface area contributed by atoms with Gasteiger partial charge in [0.15, 0.2) is 17.3 Å². The molecule has 1 aliphatic carbocycles. The van der Waals surface area contributed by atoms with Crippen molar-refractivity contribution in [3.8, 4) is 17.2 Å². The lowest BCUT2D eigenvalue weighted by Gasteiger charge is -2.35. The van der Waals surface area contributed by atoms with E-state index < -0.39 is 0 Å². The van der Waals surface area contributed by atoms with Crippen LogP contribution in [-0.2, 0) is 16.2 Å². The SMILES string of the molecule is COc1cc(C2CC(=O)C3=C(C2)NC(=O)CC3c2ccccc2OCc2ccccc2)ccc1OC(C)C. The lowest BCUT2D eigenvalue weighted by molar-refractivity contribution is -0.122. The van der Waals surface area contributed by atoms with Crippen molar-refractivity contribution in [1.29, 1.82) is 0 Å². The molecule has 2 atom stereocenters. The number of amides is 1. The number of nitrogens with one attached hydrogen (secondary N) is 1. The van der Waals surface area contributed by atoms with Crippen LogP contribution in [0, 0.1) is 0 Å². The fraction of sp³-hybridized carbons (Fsp3) is 0.312. The molecule has 1 amide bonds. The Morgan fingerprint density at radius 3 is 2.39 bits per heavy atom. The van der Waals surface area contributed by atoms with E-state index in [1.165, 1.54) is 0 Å². The van der Waals surface area contributed by atoms with Crippen LogP contribution in [0.25, 0.3) is 0 Å². The third-order valence-corrected chi connectivity index (χ3v) is 7.09. The summed E-state index contributed by atoms with van der Waals surface area (Å²) < 4.78 is 17.6. The van der Waals surface area contributed by atoms with E-state index in [1.807, 2.05) is 86.6 Å². The number of allylic oxidation sites excluding steroid dienone is 2. The van der Waals surface area contributed by atoms with Gasteiger partial charge in [0.25, 0.3) is 0 Å². The summed E-state index contributed by atoms with van der Waals surface area (Å²) in [4.78, 5) is 26.5. The molecule has 38 heavy (non-hydrogen) atoms. The second kappa shape index (κ2) is 11.1. The van der Waals surface area contributed by atoms with Crippen LogP contribution in [0.15, 0.2) is 84.1 Å². The van der Waals surface area contributed by atoms with Crippen LogP contribution in [0.3, 0.4) is 0 Å². The Labute approximate surface area is 223 Å². The molecule has 5 rings (SSSR count). The van der Waals surface area contributed by atoms with Gasteiger partial charge in [0.1, 0.15) is 12.4 Å². The molecule has 6 heteroatoms. The average Bonchev–Trinajstić information content (AvgIpc) is 2.92. The second-order valence-corrected chi connectivity index (χ2v) is 10.1. The highest BCUT2D eigenvalue weighted by atomic mass is 16.5. The van der Waals surface area contributed by atoms with E-state index >= 15 is 0 Å². The Hall–Kier alpha value is -4.06. The van der Waals surface area contributed by atoms with Gasteiger partial charge in [-0.25, -0.2) is 0 Å². The molecule has 0 bridgehead atoms. The third-order valence-electron chi connectivity index (χ3n) is 7.09. The number of carbonyl (C=O) groups excluding carboxylic acids is 2. The van der Waals surface area contributed by atoms with Crippen molar-refractivity contribution >= 4 is 11.7 Å². The highest BCUT2D eigenvalue weighted by molar-refractivity contribution is 6.02. The zero-order valence-corrected chi connectivity index (χ0v) is 22.0. The van der Waals surface area contributed by atoms with Gasteiger partial charge in [-0.05, 0) is 55.5 Å². The summed E-state index contributed by atoms with van der Waals surface area (Å²) in [6.45, 7) is 4.35. The number of ether oxygens (including phenoxy) is 3. The van der Waals surface area contributed by atoms with Gasteiger partial charge in [-0.15, -0.1) is 0 Å². The summed E-state index contributed by atoms with van der Waals surface area (Å²) in [6, 6.07) is 23.5. The first kappa shape index (κ1) is 25.6. The number of ketones is 1. The normalized spacial score (nSPS) is 19.2. The zero-order chi connectivity index (χ0) is 26.6. The van der Waals surface area contributed by atoms with Crippen molar-refractivity contribution in [1.82, 2.24) is 5.32 Å². The van der Waals surface area contributed by atoms with Crippen LogP contribution in [0.4, 0.5) is 0 Å². The molecule has 0 aromatic heterocycles. The van der Waals surface area contributed by atoms with Gasteiger partial charge in [-0.2, -0.15) is 0 Å². The Morgan fingerprint density at radius 2 is 1.63 bits per heavy atom. The monoisotopic (exact) mass is 511 g/mol. The van der Waals surface area contributed by atoms with Crippen molar-refractivity contribution < 1.29 is 23.8 Å². The molecule has 196 valence electrons. The minimum absolute atomic E-state index is 0.0210. The molecule has 0 saturated carbocycles. The molecule has 3 aromatic carbocycles. The van der Waals surface area contributed by atoms with Crippen LogP contribution in [0.1, 0.15) is 61.6 Å². The predicted octanol–water partition coefficient (Wildman–Crippen LogP) is 6.07. The van der Waals surface area contributed by atoms with Gasteiger partial charge >= 0.3 is 0 Å². The third kappa shape index (κ3) is 5.44. The molecule has 0 radical (unpaired) electrons. The number of methoxy groups -OCH3 is 1. The first-order valence-corrected chi connectivity index (χ1v) is 13.1. The summed E-state index contributed by atoms with van der Waals surface area (Å²) in [5.74, 6) is 1.58. The number of Topliss-reactive ketones (excluding diaryl/α,β-unsaturated/α-hetero) is 1. The maximum absolute atomic E-state index is 13.7. The van der Waals surface area contributed by atoms with E-state index in [2.05, 4.69) is 5.32 Å². The lowest BCUT2D eigenvalue weighted by atomic mass is 9.73. The van der Waals surface area contributed by atoms with Crippen molar-refractivity contribution in [2.24, 2.45) is 0 Å². The topological polar surface area (TPSA) is 73.9 Å². The standard InChI is InChI=1S/C32H33NO5/c1-20(2)38-29-14-13-22(17-30(29)36-3)23-15-26-32(27(34)16-23)25(18-31(35)33-26)24-11-7-8-12-28(24)37-19-21-9-5-4-6-10-21/h4-14,17,20,23,25H,15-16,18-19H2,1-3H3,(H,33,35). The van der Waals surface area contributed by atoms with Crippen LogP contribution in [0.2, 0.25) is 0 Å². The smallest absolute Gasteiger partial charge is 0.225 e. The fourth-order valence-electron chi connectivity index (χ4n) is 5.39. The lowest BCUT2D eigenvalue weighted by Crippen LogP contribution is -2.38. The average molecular weight is 512 g/mol. The van der Waals surface area contributed by atoms with Crippen molar-refractivity contribution in [3.63, 3.8) is 0 Å². The van der Waals surface area contributed by atoms with Crippen LogP contribution < -0.4 is 19.5 Å². The van der Waals surface area contributed by atoms with E-state index in [0.717, 1.165) is 16.7 Å². The molecular weight excluding hydrogens is 478 g/mol. The summed E-state index contributed by atoms with van der Waals surface area (Å²) >= 11 is 0. The highest BCUT2D eigenvalue weighted by Gasteiger charge is 2.39. The maximum Gasteiger partial charge on any atom is 0.225 e. The highest BCUT2D eigenvalue weighted by Crippen LogP contribution is 2.45. The molecule has 6 nitrogen and oxygen atoms in total. The van der Waals surface area contributed by atoms with Gasteiger partial charge < -0.3 is 19.5 Å². The van der Waals surface area contributed by atoms with Gasteiger partial charge in [-0.3, -0.25) is 9.59 Å². The first-order chi connectivity index (χ1) is 18.4. The molecule has 2 aliphatic rings. The van der Waals surface area contributed by atoms with Crippen molar-refractivity contribution in [3.05, 3.63) is 101 Å². The van der Waals surface area contributed by atoms with E-state index in [9.17, 15) is 9.59 Å². The Bertz CT molecular complexity index is 1360. The van der Waals surface area contributed by atoms with Gasteiger partial charge in [0.2, 0.25) is 5.91 Å². The number of benzene rings is 3. The maximum atomic E-state index is 13.7. The quantitative estimate of drug-likeness (QED) is 0.398. The number of para-hydroxylation sites is 1. The minimum atomic E-state index is -0.337. The largest absolute Gasteiger partial charge is 0.493 e. The Kier molecular flexibility index (Phi) is 7.50. The summed E-state index contributed by atoms with van der Waals surface area (Å²) in [5.41, 5.74) is 4.32.